The van der Waals surface area contributed by atoms with Gasteiger partial charge in [-0.25, -0.2) is 4.79 Å². The van der Waals surface area contributed by atoms with Gasteiger partial charge in [0.15, 0.2) is 0 Å². The van der Waals surface area contributed by atoms with Crippen LogP contribution < -0.4 is 0 Å². The molecule has 0 aliphatic rings. The Kier molecular flexibility index (Phi) is 5.01. The van der Waals surface area contributed by atoms with Crippen LogP contribution in [0.5, 0.6) is 0 Å². The maximum Gasteiger partial charge on any atom is 0.426 e. The van der Waals surface area contributed by atoms with Crippen LogP contribution in [0.3, 0.4) is 0 Å². The summed E-state index contributed by atoms with van der Waals surface area (Å²) >= 11 is 12.2. The maximum absolute atomic E-state index is 13.6. The molecule has 1 aromatic heterocycles. The van der Waals surface area contributed by atoms with Crippen molar-refractivity contribution in [1.29, 1.82) is 0 Å². The summed E-state index contributed by atoms with van der Waals surface area (Å²) in [5.41, 5.74) is 0.163. The lowest BCUT2D eigenvalue weighted by molar-refractivity contribution is -0.133. The van der Waals surface area contributed by atoms with E-state index in [2.05, 4.69) is 0 Å². The lowest BCUT2D eigenvalue weighted by atomic mass is 9.94. The Hall–Kier alpha value is -2.02. The molecule has 0 saturated carbocycles. The molecule has 0 radical (unpaired) electrons. The van der Waals surface area contributed by atoms with Crippen LogP contribution in [0, 0.1) is 0 Å². The highest BCUT2D eigenvalue weighted by molar-refractivity contribution is 7.15. The van der Waals surface area contributed by atoms with Gasteiger partial charge in [0.25, 0.3) is 0 Å². The number of halogens is 5. The minimum Gasteiger partial charge on any atom is -0.477 e. The number of hydrogen-bond donors (Lipinski definition) is 1. The molecule has 0 spiro atoms. The lowest BCUT2D eigenvalue weighted by Crippen LogP contribution is -2.04. The highest BCUT2D eigenvalue weighted by atomic mass is 35.5. The summed E-state index contributed by atoms with van der Waals surface area (Å²) in [4.78, 5) is 10.3. The number of aromatic carboxylic acids is 1. The summed E-state index contributed by atoms with van der Waals surface area (Å²) in [5.74, 6) is -1.45. The van der Waals surface area contributed by atoms with Crippen LogP contribution in [0.2, 0.25) is 10.0 Å². The van der Waals surface area contributed by atoms with E-state index in [-0.39, 0.29) is 38.6 Å². The van der Waals surface area contributed by atoms with Crippen LogP contribution in [0.4, 0.5) is 13.2 Å². The fourth-order valence-electron chi connectivity index (χ4n) is 2.61. The molecule has 0 saturated heterocycles. The Labute approximate surface area is 160 Å². The van der Waals surface area contributed by atoms with E-state index < -0.39 is 21.9 Å². The quantitative estimate of drug-likeness (QED) is 0.493. The molecule has 0 aliphatic carbocycles. The number of benzene rings is 2. The zero-order chi connectivity index (χ0) is 19.1. The monoisotopic (exact) mass is 416 g/mol. The van der Waals surface area contributed by atoms with E-state index in [9.17, 15) is 23.1 Å². The Bertz CT molecular complexity index is 982. The number of carbonyl (C=O) groups is 1. The van der Waals surface area contributed by atoms with Crippen LogP contribution >= 0.6 is 34.5 Å². The minimum atomic E-state index is -4.71. The number of thiophene rings is 1. The van der Waals surface area contributed by atoms with E-state index >= 15 is 0 Å². The molecule has 3 aromatic rings. The molecular weight excluding hydrogens is 408 g/mol. The molecule has 0 unspecified atom stereocenters. The molecule has 1 N–H and O–H groups in total. The molecule has 26 heavy (non-hydrogen) atoms. The molecule has 0 bridgehead atoms. The fraction of sp³-hybridized carbons (Fsp3) is 0.0556. The molecule has 8 heteroatoms. The Morgan fingerprint density at radius 2 is 1.65 bits per heavy atom. The molecule has 0 amide bonds. The van der Waals surface area contributed by atoms with Gasteiger partial charge in [-0.1, -0.05) is 59.6 Å². The van der Waals surface area contributed by atoms with E-state index in [1.54, 1.807) is 18.2 Å². The van der Waals surface area contributed by atoms with E-state index in [0.29, 0.717) is 5.02 Å². The zero-order valence-corrected chi connectivity index (χ0v) is 15.1. The van der Waals surface area contributed by atoms with Crippen molar-refractivity contribution in [3.63, 3.8) is 0 Å². The van der Waals surface area contributed by atoms with Gasteiger partial charge < -0.3 is 5.11 Å². The van der Waals surface area contributed by atoms with Gasteiger partial charge >= 0.3 is 12.1 Å². The molecule has 134 valence electrons. The second-order valence-electron chi connectivity index (χ2n) is 5.30. The Morgan fingerprint density at radius 1 is 1.00 bits per heavy atom. The normalized spacial score (nSPS) is 11.6. The molecule has 0 aliphatic heterocycles. The van der Waals surface area contributed by atoms with Crippen molar-refractivity contribution in [3.05, 3.63) is 68.3 Å². The van der Waals surface area contributed by atoms with Crippen LogP contribution in [0.15, 0.2) is 48.5 Å². The fourth-order valence-corrected chi connectivity index (χ4v) is 4.16. The number of carboxylic acids is 1. The van der Waals surface area contributed by atoms with E-state index in [4.69, 9.17) is 23.2 Å². The first-order chi connectivity index (χ1) is 12.2. The third-order valence-electron chi connectivity index (χ3n) is 3.62. The van der Waals surface area contributed by atoms with Gasteiger partial charge in [-0.3, -0.25) is 0 Å². The summed E-state index contributed by atoms with van der Waals surface area (Å²) in [5, 5.41) is 9.86. The van der Waals surface area contributed by atoms with Crippen LogP contribution in [-0.4, -0.2) is 11.1 Å². The average molecular weight is 417 g/mol. The van der Waals surface area contributed by atoms with E-state index in [1.807, 2.05) is 0 Å². The molecule has 3 rings (SSSR count). The third-order valence-corrected chi connectivity index (χ3v) is 5.39. The minimum absolute atomic E-state index is 0.0670. The van der Waals surface area contributed by atoms with Gasteiger partial charge in [0, 0.05) is 26.7 Å². The zero-order valence-electron chi connectivity index (χ0n) is 12.8. The van der Waals surface area contributed by atoms with Crippen molar-refractivity contribution in [1.82, 2.24) is 0 Å². The number of alkyl halides is 3. The van der Waals surface area contributed by atoms with Crippen molar-refractivity contribution in [2.45, 2.75) is 6.18 Å². The second kappa shape index (κ2) is 6.95. The van der Waals surface area contributed by atoms with Crippen molar-refractivity contribution < 1.29 is 23.1 Å². The number of carboxylic acid groups (broad SMARTS) is 1. The molecule has 1 heterocycles. The summed E-state index contributed by atoms with van der Waals surface area (Å²) in [6.45, 7) is 0. The molecule has 2 nitrogen and oxygen atoms in total. The first kappa shape index (κ1) is 18.8. The van der Waals surface area contributed by atoms with Gasteiger partial charge in [-0.05, 0) is 17.7 Å². The predicted octanol–water partition coefficient (Wildman–Crippen LogP) is 7.11. The molecule has 2 aromatic carbocycles. The third kappa shape index (κ3) is 3.45. The van der Waals surface area contributed by atoms with Crippen molar-refractivity contribution in [3.8, 4) is 22.3 Å². The van der Waals surface area contributed by atoms with Crippen molar-refractivity contribution >= 4 is 40.5 Å². The van der Waals surface area contributed by atoms with Crippen LogP contribution in [0.1, 0.15) is 14.5 Å². The Balaban J connectivity index is 2.45. The van der Waals surface area contributed by atoms with Gasteiger partial charge in [-0.15, -0.1) is 11.3 Å². The standard InChI is InChI=1S/C18H9Cl2F3O2S/c19-10-6-7-11(12(20)8-10)14-13(9-4-2-1-3-5-9)16(18(21,22)23)26-15(14)17(24)25/h1-8H,(H,24,25). The van der Waals surface area contributed by atoms with Gasteiger partial charge in [-0.2, -0.15) is 13.2 Å². The largest absolute Gasteiger partial charge is 0.477 e. The first-order valence-corrected chi connectivity index (χ1v) is 8.75. The van der Waals surface area contributed by atoms with Gasteiger partial charge in [0.05, 0.1) is 0 Å². The molecule has 0 fully saturated rings. The van der Waals surface area contributed by atoms with Crippen molar-refractivity contribution in [2.24, 2.45) is 0 Å². The second-order valence-corrected chi connectivity index (χ2v) is 7.17. The SMILES string of the molecule is O=C(O)c1sc(C(F)(F)F)c(-c2ccccc2)c1-c1ccc(Cl)cc1Cl. The van der Waals surface area contributed by atoms with Crippen LogP contribution in [0.25, 0.3) is 22.3 Å². The smallest absolute Gasteiger partial charge is 0.426 e. The number of rotatable bonds is 3. The van der Waals surface area contributed by atoms with Gasteiger partial charge in [0.1, 0.15) is 9.75 Å². The summed E-state index contributed by atoms with van der Waals surface area (Å²) in [6, 6.07) is 12.1. The summed E-state index contributed by atoms with van der Waals surface area (Å²) in [7, 11) is 0. The first-order valence-electron chi connectivity index (χ1n) is 7.18. The highest BCUT2D eigenvalue weighted by Crippen LogP contribution is 2.50. The predicted molar refractivity (Wildman–Crippen MR) is 97.2 cm³/mol. The van der Waals surface area contributed by atoms with Crippen LogP contribution in [-0.2, 0) is 6.18 Å². The summed E-state index contributed by atoms with van der Waals surface area (Å²) < 4.78 is 40.9. The van der Waals surface area contributed by atoms with E-state index in [0.717, 1.165) is 0 Å². The number of hydrogen-bond acceptors (Lipinski definition) is 2. The lowest BCUT2D eigenvalue weighted by Gasteiger charge is -2.12. The van der Waals surface area contributed by atoms with E-state index in [1.165, 1.54) is 30.3 Å². The maximum atomic E-state index is 13.6. The Morgan fingerprint density at radius 3 is 2.19 bits per heavy atom. The van der Waals surface area contributed by atoms with Gasteiger partial charge in [0.2, 0.25) is 0 Å². The molecular formula is C18H9Cl2F3O2S. The highest BCUT2D eigenvalue weighted by Gasteiger charge is 2.40. The average Bonchev–Trinajstić information content (AvgIpc) is 2.96. The van der Waals surface area contributed by atoms with Crippen molar-refractivity contribution in [2.75, 3.05) is 0 Å². The summed E-state index contributed by atoms with van der Waals surface area (Å²) in [6.07, 6.45) is -4.71. The molecule has 0 atom stereocenters. The topological polar surface area (TPSA) is 37.3 Å².